The van der Waals surface area contributed by atoms with Crippen molar-refractivity contribution in [1.82, 2.24) is 19.6 Å². The van der Waals surface area contributed by atoms with Gasteiger partial charge in [-0.25, -0.2) is 9.36 Å². The number of aromatic nitrogens is 4. The molecule has 0 aliphatic heterocycles. The molecule has 6 nitrogen and oxygen atoms in total. The van der Waals surface area contributed by atoms with E-state index in [1.807, 2.05) is 68.4 Å². The lowest BCUT2D eigenvalue weighted by Gasteiger charge is -2.04. The predicted octanol–water partition coefficient (Wildman–Crippen LogP) is 4.11. The first-order valence-corrected chi connectivity index (χ1v) is 9.28. The van der Waals surface area contributed by atoms with Crippen LogP contribution in [0.3, 0.4) is 0 Å². The molecule has 0 saturated carbocycles. The SMILES string of the molecule is CC(=O)c1nn(-c2ccc(C)cc2)cc1C(=O)c1cnn(-c2ccccc2)c1C. The highest BCUT2D eigenvalue weighted by molar-refractivity contribution is 6.15. The highest BCUT2D eigenvalue weighted by Gasteiger charge is 2.24. The molecule has 0 spiro atoms. The Labute approximate surface area is 168 Å². The Kier molecular flexibility index (Phi) is 4.68. The van der Waals surface area contributed by atoms with Crippen LogP contribution in [0.4, 0.5) is 0 Å². The van der Waals surface area contributed by atoms with Crippen LogP contribution in [0.1, 0.15) is 44.6 Å². The highest BCUT2D eigenvalue weighted by atomic mass is 16.1. The van der Waals surface area contributed by atoms with Gasteiger partial charge in [-0.2, -0.15) is 10.2 Å². The van der Waals surface area contributed by atoms with Gasteiger partial charge in [0.2, 0.25) is 0 Å². The number of para-hydroxylation sites is 1. The zero-order valence-electron chi connectivity index (χ0n) is 16.5. The summed E-state index contributed by atoms with van der Waals surface area (Å²) >= 11 is 0. The van der Waals surface area contributed by atoms with E-state index < -0.39 is 0 Å². The van der Waals surface area contributed by atoms with E-state index in [2.05, 4.69) is 10.2 Å². The lowest BCUT2D eigenvalue weighted by atomic mass is 10.0. The second-order valence-corrected chi connectivity index (χ2v) is 6.95. The van der Waals surface area contributed by atoms with Crippen molar-refractivity contribution in [3.05, 3.63) is 95.1 Å². The number of nitrogens with zero attached hydrogens (tertiary/aromatic N) is 4. The van der Waals surface area contributed by atoms with Gasteiger partial charge in [0.05, 0.1) is 34.4 Å². The molecular weight excluding hydrogens is 364 g/mol. The van der Waals surface area contributed by atoms with E-state index in [9.17, 15) is 9.59 Å². The van der Waals surface area contributed by atoms with Crippen LogP contribution in [0.15, 0.2) is 67.0 Å². The maximum absolute atomic E-state index is 13.3. The summed E-state index contributed by atoms with van der Waals surface area (Å²) in [7, 11) is 0. The predicted molar refractivity (Wildman–Crippen MR) is 110 cm³/mol. The molecule has 2 aromatic heterocycles. The molecule has 6 heteroatoms. The molecule has 0 atom stereocenters. The van der Waals surface area contributed by atoms with Crippen LogP contribution in [0.2, 0.25) is 0 Å². The molecule has 4 rings (SSSR count). The Balaban J connectivity index is 1.77. The van der Waals surface area contributed by atoms with Gasteiger partial charge in [-0.1, -0.05) is 35.9 Å². The molecule has 0 saturated heterocycles. The molecule has 0 bridgehead atoms. The Morgan fingerprint density at radius 3 is 2.21 bits per heavy atom. The third-order valence-corrected chi connectivity index (χ3v) is 4.85. The minimum atomic E-state index is -0.270. The van der Waals surface area contributed by atoms with E-state index in [4.69, 9.17) is 0 Å². The van der Waals surface area contributed by atoms with E-state index >= 15 is 0 Å². The van der Waals surface area contributed by atoms with Crippen molar-refractivity contribution in [3.63, 3.8) is 0 Å². The van der Waals surface area contributed by atoms with Gasteiger partial charge >= 0.3 is 0 Å². The first-order chi connectivity index (χ1) is 14.0. The number of aryl methyl sites for hydroxylation is 1. The molecule has 2 aromatic carbocycles. The van der Waals surface area contributed by atoms with Gasteiger partial charge in [-0.3, -0.25) is 9.59 Å². The lowest BCUT2D eigenvalue weighted by molar-refractivity contribution is 0.0987. The summed E-state index contributed by atoms with van der Waals surface area (Å²) in [5, 5.41) is 8.74. The number of rotatable bonds is 5. The fraction of sp³-hybridized carbons (Fsp3) is 0.130. The molecule has 4 aromatic rings. The van der Waals surface area contributed by atoms with Gasteiger partial charge in [0, 0.05) is 13.1 Å². The molecule has 0 N–H and O–H groups in total. The van der Waals surface area contributed by atoms with Crippen LogP contribution in [0.25, 0.3) is 11.4 Å². The number of hydrogen-bond donors (Lipinski definition) is 0. The maximum atomic E-state index is 13.3. The summed E-state index contributed by atoms with van der Waals surface area (Å²) in [6.07, 6.45) is 3.15. The smallest absolute Gasteiger partial charge is 0.200 e. The third-order valence-electron chi connectivity index (χ3n) is 4.85. The van der Waals surface area contributed by atoms with E-state index in [0.29, 0.717) is 11.3 Å². The molecule has 0 fully saturated rings. The Hall–Kier alpha value is -3.80. The molecule has 2 heterocycles. The number of benzene rings is 2. The first-order valence-electron chi connectivity index (χ1n) is 9.28. The molecule has 0 aliphatic rings. The molecule has 0 aliphatic carbocycles. The molecule has 0 unspecified atom stereocenters. The average molecular weight is 384 g/mol. The number of ketones is 2. The minimum absolute atomic E-state index is 0.155. The molecule has 0 radical (unpaired) electrons. The molecule has 29 heavy (non-hydrogen) atoms. The van der Waals surface area contributed by atoms with Gasteiger partial charge in [-0.15, -0.1) is 0 Å². The van der Waals surface area contributed by atoms with Gasteiger partial charge in [0.1, 0.15) is 5.69 Å². The van der Waals surface area contributed by atoms with Gasteiger partial charge in [0.15, 0.2) is 11.6 Å². The fourth-order valence-corrected chi connectivity index (χ4v) is 3.24. The zero-order chi connectivity index (χ0) is 20.5. The zero-order valence-corrected chi connectivity index (χ0v) is 16.5. The topological polar surface area (TPSA) is 69.8 Å². The van der Waals surface area contributed by atoms with Gasteiger partial charge in [-0.05, 0) is 38.1 Å². The quantitative estimate of drug-likeness (QED) is 0.486. The van der Waals surface area contributed by atoms with Crippen molar-refractivity contribution >= 4 is 11.6 Å². The van der Waals surface area contributed by atoms with Crippen molar-refractivity contribution in [2.24, 2.45) is 0 Å². The number of carbonyl (C=O) groups is 2. The average Bonchev–Trinajstić information content (AvgIpc) is 3.33. The van der Waals surface area contributed by atoms with Crippen molar-refractivity contribution in [2.45, 2.75) is 20.8 Å². The summed E-state index contributed by atoms with van der Waals surface area (Å²) in [5.74, 6) is -0.527. The van der Waals surface area contributed by atoms with Crippen molar-refractivity contribution in [3.8, 4) is 11.4 Å². The van der Waals surface area contributed by atoms with E-state index in [1.165, 1.54) is 13.1 Å². The monoisotopic (exact) mass is 384 g/mol. The summed E-state index contributed by atoms with van der Waals surface area (Å²) in [5.41, 5.74) is 4.35. The van der Waals surface area contributed by atoms with Crippen molar-refractivity contribution < 1.29 is 9.59 Å². The maximum Gasteiger partial charge on any atom is 0.200 e. The first kappa shape index (κ1) is 18.6. The summed E-state index contributed by atoms with van der Waals surface area (Å²) in [4.78, 5) is 25.4. The Morgan fingerprint density at radius 1 is 0.862 bits per heavy atom. The highest BCUT2D eigenvalue weighted by Crippen LogP contribution is 2.21. The van der Waals surface area contributed by atoms with Crippen LogP contribution in [0, 0.1) is 13.8 Å². The van der Waals surface area contributed by atoms with E-state index in [-0.39, 0.29) is 22.8 Å². The number of Topliss-reactive ketones (excluding diaryl/α,β-unsaturated/α-hetero) is 1. The van der Waals surface area contributed by atoms with Gasteiger partial charge < -0.3 is 0 Å². The van der Waals surface area contributed by atoms with Crippen LogP contribution in [0.5, 0.6) is 0 Å². The van der Waals surface area contributed by atoms with E-state index in [0.717, 1.165) is 16.9 Å². The van der Waals surface area contributed by atoms with E-state index in [1.54, 1.807) is 15.6 Å². The lowest BCUT2D eigenvalue weighted by Crippen LogP contribution is -2.08. The van der Waals surface area contributed by atoms with Crippen LogP contribution >= 0.6 is 0 Å². The van der Waals surface area contributed by atoms with Crippen LogP contribution in [-0.2, 0) is 0 Å². The Bertz CT molecular complexity index is 1200. The van der Waals surface area contributed by atoms with Crippen molar-refractivity contribution in [2.75, 3.05) is 0 Å². The standard InChI is InChI=1S/C23H20N4O2/c1-15-9-11-18(12-10-15)26-14-21(22(25-26)17(3)28)23(29)20-13-24-27(16(20)2)19-7-5-4-6-8-19/h4-14H,1-3H3. The minimum Gasteiger partial charge on any atom is -0.293 e. The summed E-state index contributed by atoms with van der Waals surface area (Å²) in [6.45, 7) is 5.25. The normalized spacial score (nSPS) is 10.9. The van der Waals surface area contributed by atoms with Gasteiger partial charge in [0.25, 0.3) is 0 Å². The second-order valence-electron chi connectivity index (χ2n) is 6.95. The number of hydrogen-bond acceptors (Lipinski definition) is 4. The number of carbonyl (C=O) groups excluding carboxylic acids is 2. The molecule has 144 valence electrons. The third kappa shape index (κ3) is 3.40. The summed E-state index contributed by atoms with van der Waals surface area (Å²) < 4.78 is 3.28. The molecular formula is C23H20N4O2. The summed E-state index contributed by atoms with van der Waals surface area (Å²) in [6, 6.07) is 17.3. The Morgan fingerprint density at radius 2 is 1.55 bits per heavy atom. The van der Waals surface area contributed by atoms with Crippen molar-refractivity contribution in [1.29, 1.82) is 0 Å². The second kappa shape index (κ2) is 7.31. The fourth-order valence-electron chi connectivity index (χ4n) is 3.24. The largest absolute Gasteiger partial charge is 0.293 e. The van der Waals surface area contributed by atoms with Crippen LogP contribution < -0.4 is 0 Å². The van der Waals surface area contributed by atoms with Crippen LogP contribution in [-0.4, -0.2) is 31.1 Å². The molecule has 0 amide bonds.